The van der Waals surface area contributed by atoms with Gasteiger partial charge in [0.1, 0.15) is 5.75 Å². The topological polar surface area (TPSA) is 66.6 Å². The maximum absolute atomic E-state index is 12.8. The van der Waals surface area contributed by atoms with E-state index in [4.69, 9.17) is 0 Å². The number of carbonyl (C=O) groups excluding carboxylic acids is 1. The van der Waals surface area contributed by atoms with Crippen molar-refractivity contribution in [2.45, 2.75) is 19.9 Å². The van der Waals surface area contributed by atoms with Crippen LogP contribution in [-0.4, -0.2) is 21.8 Å². The van der Waals surface area contributed by atoms with Crippen LogP contribution in [0.25, 0.3) is 21.7 Å². The third-order valence-corrected chi connectivity index (χ3v) is 6.21. The number of hydrogen-bond acceptors (Lipinski definition) is 3. The maximum atomic E-state index is 12.8. The Morgan fingerprint density at radius 2 is 1.62 bits per heavy atom. The molecule has 0 aliphatic rings. The van der Waals surface area contributed by atoms with Crippen molar-refractivity contribution in [3.05, 3.63) is 113 Å². The molecule has 1 amide bonds. The summed E-state index contributed by atoms with van der Waals surface area (Å²) in [6.45, 7) is 2.80. The number of phenols is 1. The van der Waals surface area contributed by atoms with Crippen molar-refractivity contribution in [3.63, 3.8) is 0 Å². The number of nitrogens with one attached hydrogen (secondary N) is 1. The molecule has 0 bridgehead atoms. The van der Waals surface area contributed by atoms with Gasteiger partial charge < -0.3 is 9.67 Å². The highest BCUT2D eigenvalue weighted by Gasteiger charge is 2.16. The normalized spacial score (nSPS) is 11.4. The summed E-state index contributed by atoms with van der Waals surface area (Å²) in [6.07, 6.45) is 1.72. The van der Waals surface area contributed by atoms with Gasteiger partial charge in [0.25, 0.3) is 0 Å². The number of nitrogens with zero attached hydrogens (tertiary/aromatic N) is 2. The van der Waals surface area contributed by atoms with Crippen LogP contribution in [0, 0.1) is 6.92 Å². The zero-order valence-corrected chi connectivity index (χ0v) is 18.9. The third-order valence-electron chi connectivity index (χ3n) is 6.21. The number of phenolic OH excluding ortho intramolecular Hbond substituents is 1. The Hall–Kier alpha value is -4.38. The van der Waals surface area contributed by atoms with Crippen molar-refractivity contribution in [2.75, 3.05) is 0 Å². The molecule has 1 aromatic heterocycles. The molecule has 0 atom stereocenters. The molecule has 0 aliphatic heterocycles. The Kier molecular flexibility index (Phi) is 5.83. The second-order valence-corrected chi connectivity index (χ2v) is 8.34. The van der Waals surface area contributed by atoms with Crippen LogP contribution in [0.2, 0.25) is 0 Å². The fourth-order valence-corrected chi connectivity index (χ4v) is 4.48. The summed E-state index contributed by atoms with van der Waals surface area (Å²) in [5.41, 5.74) is 7.59. The molecule has 2 N–H and O–H groups in total. The van der Waals surface area contributed by atoms with E-state index < -0.39 is 0 Å². The smallest absolute Gasteiger partial charge is 0.244 e. The van der Waals surface area contributed by atoms with Gasteiger partial charge in [-0.25, -0.2) is 5.43 Å². The number of fused-ring (bicyclic) bond motifs is 2. The number of amides is 1. The van der Waals surface area contributed by atoms with Crippen LogP contribution in [-0.2, 0) is 17.8 Å². The molecule has 0 saturated heterocycles. The van der Waals surface area contributed by atoms with E-state index in [0.29, 0.717) is 5.56 Å². The van der Waals surface area contributed by atoms with Crippen LogP contribution in [0.4, 0.5) is 0 Å². The van der Waals surface area contributed by atoms with Crippen LogP contribution < -0.4 is 5.43 Å². The second kappa shape index (κ2) is 9.24. The highest BCUT2D eigenvalue weighted by molar-refractivity contribution is 6.02. The lowest BCUT2D eigenvalue weighted by Crippen LogP contribution is -2.20. The third kappa shape index (κ3) is 4.16. The molecule has 4 aromatic carbocycles. The standard InChI is InChI=1S/C29H25N3O2/c1-20-25(24-13-7-8-14-27(24)32(20)19-21-9-3-2-4-10-21)17-29(34)31-30-18-26-23-12-6-5-11-22(23)15-16-28(26)33/h2-16,18,33H,17,19H2,1H3,(H,31,34)/b30-18-. The first-order chi connectivity index (χ1) is 16.6. The molecule has 1 heterocycles. The quantitative estimate of drug-likeness (QED) is 0.265. The van der Waals surface area contributed by atoms with Gasteiger partial charge in [-0.05, 0) is 41.0 Å². The number of hydrazone groups is 1. The maximum Gasteiger partial charge on any atom is 0.244 e. The molecular weight excluding hydrogens is 422 g/mol. The van der Waals surface area contributed by atoms with Gasteiger partial charge in [-0.1, -0.05) is 78.9 Å². The van der Waals surface area contributed by atoms with E-state index in [-0.39, 0.29) is 18.1 Å². The summed E-state index contributed by atoms with van der Waals surface area (Å²) in [6, 6.07) is 29.7. The van der Waals surface area contributed by atoms with Crippen LogP contribution in [0.3, 0.4) is 0 Å². The molecule has 0 radical (unpaired) electrons. The van der Waals surface area contributed by atoms with E-state index in [1.54, 1.807) is 6.07 Å². The fraction of sp³-hybridized carbons (Fsp3) is 0.103. The van der Waals surface area contributed by atoms with Crippen molar-refractivity contribution in [2.24, 2.45) is 5.10 Å². The number of aromatic hydroxyl groups is 1. The van der Waals surface area contributed by atoms with E-state index in [1.165, 1.54) is 11.8 Å². The SMILES string of the molecule is Cc1c(CC(=O)N/N=C\c2c(O)ccc3ccccc23)c2ccccc2n1Cc1ccccc1. The molecule has 34 heavy (non-hydrogen) atoms. The lowest BCUT2D eigenvalue weighted by molar-refractivity contribution is -0.120. The average molecular weight is 448 g/mol. The molecule has 0 spiro atoms. The molecule has 168 valence electrons. The summed E-state index contributed by atoms with van der Waals surface area (Å²) >= 11 is 0. The van der Waals surface area contributed by atoms with Crippen LogP contribution in [0.15, 0.2) is 96.1 Å². The van der Waals surface area contributed by atoms with Gasteiger partial charge in [0.2, 0.25) is 5.91 Å². The molecule has 0 fully saturated rings. The molecular formula is C29H25N3O2. The minimum atomic E-state index is -0.207. The number of benzene rings is 4. The molecule has 0 saturated carbocycles. The number of rotatable bonds is 6. The fourth-order valence-electron chi connectivity index (χ4n) is 4.48. The Balaban J connectivity index is 1.38. The molecule has 0 aliphatic carbocycles. The van der Waals surface area contributed by atoms with Crippen molar-refractivity contribution < 1.29 is 9.90 Å². The van der Waals surface area contributed by atoms with Gasteiger partial charge >= 0.3 is 0 Å². The Morgan fingerprint density at radius 1 is 0.912 bits per heavy atom. The summed E-state index contributed by atoms with van der Waals surface area (Å²) in [4.78, 5) is 12.8. The Labute approximate surface area is 198 Å². The number of carbonyl (C=O) groups is 1. The lowest BCUT2D eigenvalue weighted by Gasteiger charge is -2.09. The number of para-hydroxylation sites is 1. The monoisotopic (exact) mass is 447 g/mol. The first-order valence-corrected chi connectivity index (χ1v) is 11.2. The first-order valence-electron chi connectivity index (χ1n) is 11.2. The molecule has 5 heteroatoms. The highest BCUT2D eigenvalue weighted by Crippen LogP contribution is 2.28. The first kappa shape index (κ1) is 21.5. The van der Waals surface area contributed by atoms with E-state index in [2.05, 4.69) is 46.3 Å². The second-order valence-electron chi connectivity index (χ2n) is 8.34. The van der Waals surface area contributed by atoms with Crippen LogP contribution in [0.5, 0.6) is 5.75 Å². The highest BCUT2D eigenvalue weighted by atomic mass is 16.3. The average Bonchev–Trinajstić information content (AvgIpc) is 3.12. The molecule has 5 nitrogen and oxygen atoms in total. The zero-order valence-electron chi connectivity index (χ0n) is 18.9. The van der Waals surface area contributed by atoms with Crippen molar-refractivity contribution >= 4 is 33.8 Å². The lowest BCUT2D eigenvalue weighted by atomic mass is 10.0. The summed E-state index contributed by atoms with van der Waals surface area (Å²) in [5, 5.41) is 17.4. The molecule has 5 rings (SSSR count). The van der Waals surface area contributed by atoms with Crippen molar-refractivity contribution in [3.8, 4) is 5.75 Å². The molecule has 0 unspecified atom stereocenters. The van der Waals surface area contributed by atoms with E-state index >= 15 is 0 Å². The number of hydrogen-bond donors (Lipinski definition) is 2. The Morgan fingerprint density at radius 3 is 2.44 bits per heavy atom. The predicted octanol–water partition coefficient (Wildman–Crippen LogP) is 5.55. The summed E-state index contributed by atoms with van der Waals surface area (Å²) in [5.74, 6) is -0.0850. The van der Waals surface area contributed by atoms with Crippen LogP contribution in [0.1, 0.15) is 22.4 Å². The van der Waals surface area contributed by atoms with Gasteiger partial charge in [0, 0.05) is 28.7 Å². The van der Waals surface area contributed by atoms with Crippen LogP contribution >= 0.6 is 0 Å². The number of aromatic nitrogens is 1. The minimum Gasteiger partial charge on any atom is -0.507 e. The predicted molar refractivity (Wildman–Crippen MR) is 137 cm³/mol. The van der Waals surface area contributed by atoms with Gasteiger partial charge in [0.05, 0.1) is 12.6 Å². The van der Waals surface area contributed by atoms with Gasteiger partial charge in [0.15, 0.2) is 0 Å². The Bertz CT molecular complexity index is 1520. The van der Waals surface area contributed by atoms with E-state index in [9.17, 15) is 9.90 Å². The van der Waals surface area contributed by atoms with Gasteiger partial charge in [-0.3, -0.25) is 4.79 Å². The van der Waals surface area contributed by atoms with E-state index in [1.807, 2.05) is 60.7 Å². The largest absolute Gasteiger partial charge is 0.507 e. The minimum absolute atomic E-state index is 0.122. The summed E-state index contributed by atoms with van der Waals surface area (Å²) in [7, 11) is 0. The zero-order chi connectivity index (χ0) is 23.5. The summed E-state index contributed by atoms with van der Waals surface area (Å²) < 4.78 is 2.25. The van der Waals surface area contributed by atoms with E-state index in [0.717, 1.165) is 39.5 Å². The van der Waals surface area contributed by atoms with Crippen molar-refractivity contribution in [1.82, 2.24) is 9.99 Å². The van der Waals surface area contributed by atoms with Crippen molar-refractivity contribution in [1.29, 1.82) is 0 Å². The van der Waals surface area contributed by atoms with Gasteiger partial charge in [-0.2, -0.15) is 5.10 Å². The molecule has 5 aromatic rings. The van der Waals surface area contributed by atoms with Gasteiger partial charge in [-0.15, -0.1) is 0 Å².